The van der Waals surface area contributed by atoms with Gasteiger partial charge >= 0.3 is 5.97 Å². The largest absolute Gasteiger partial charge is 0.478 e. The van der Waals surface area contributed by atoms with Gasteiger partial charge in [0.05, 0.1) is 40.3 Å². The molecule has 2 aromatic heterocycles. The number of aryl methyl sites for hydroxylation is 2. The van der Waals surface area contributed by atoms with Crippen molar-refractivity contribution < 1.29 is 27.9 Å². The number of fused-ring (bicyclic) bond motifs is 1. The summed E-state index contributed by atoms with van der Waals surface area (Å²) in [5.74, 6) is -0.539. The Labute approximate surface area is 297 Å². The summed E-state index contributed by atoms with van der Waals surface area (Å²) in [6, 6.07) is 12.6. The third-order valence-electron chi connectivity index (χ3n) is 10.2. The Kier molecular flexibility index (Phi) is 9.00. The Morgan fingerprint density at radius 2 is 1.78 bits per heavy atom. The maximum atomic E-state index is 13.4. The fourth-order valence-corrected chi connectivity index (χ4v) is 8.54. The van der Waals surface area contributed by atoms with E-state index in [1.54, 1.807) is 17.2 Å². The van der Waals surface area contributed by atoms with E-state index in [0.29, 0.717) is 35.6 Å². The highest BCUT2D eigenvalue weighted by atomic mass is 32.2. The van der Waals surface area contributed by atoms with Gasteiger partial charge in [0.25, 0.3) is 15.9 Å². The van der Waals surface area contributed by atoms with Gasteiger partial charge in [0.1, 0.15) is 6.61 Å². The van der Waals surface area contributed by atoms with Crippen molar-refractivity contribution in [3.63, 3.8) is 0 Å². The Bertz CT molecular complexity index is 2100. The molecule has 2 bridgehead atoms. The number of aromatic nitrogens is 4. The van der Waals surface area contributed by atoms with Gasteiger partial charge in [0, 0.05) is 30.3 Å². The molecule has 51 heavy (non-hydrogen) atoms. The number of carbonyl (C=O) groups is 2. The van der Waals surface area contributed by atoms with Crippen LogP contribution in [-0.2, 0) is 23.1 Å². The lowest BCUT2D eigenvalue weighted by atomic mass is 9.43. The highest BCUT2D eigenvalue weighted by molar-refractivity contribution is 7.92. The van der Waals surface area contributed by atoms with Gasteiger partial charge in [-0.1, -0.05) is 24.3 Å². The fraction of sp³-hybridized carbons (Fsp3) is 0.405. The molecule has 1 aliphatic heterocycles. The predicted molar refractivity (Wildman–Crippen MR) is 189 cm³/mol. The Balaban J connectivity index is 1.14. The van der Waals surface area contributed by atoms with Crippen molar-refractivity contribution in [3.05, 3.63) is 88.5 Å². The molecule has 0 unspecified atom stereocenters. The van der Waals surface area contributed by atoms with E-state index in [0.717, 1.165) is 40.8 Å². The number of nitrogens with zero attached hydrogens (tertiary/aromatic N) is 5. The normalized spacial score (nSPS) is 19.7. The van der Waals surface area contributed by atoms with Crippen LogP contribution in [0.3, 0.4) is 0 Å². The van der Waals surface area contributed by atoms with Crippen molar-refractivity contribution in [2.24, 2.45) is 11.3 Å². The highest BCUT2D eigenvalue weighted by Gasteiger charge is 2.56. The molecule has 8 rings (SSSR count). The van der Waals surface area contributed by atoms with E-state index in [-0.39, 0.29) is 46.9 Å². The summed E-state index contributed by atoms with van der Waals surface area (Å²) in [4.78, 5) is 44.0. The van der Waals surface area contributed by atoms with Gasteiger partial charge in [-0.05, 0) is 94.0 Å². The zero-order valence-corrected chi connectivity index (χ0v) is 29.8. The molecule has 266 valence electrons. The predicted octanol–water partition coefficient (Wildman–Crippen LogP) is 5.14. The molecule has 2 aromatic carbocycles. The van der Waals surface area contributed by atoms with Crippen LogP contribution in [0.5, 0.6) is 5.88 Å². The molecule has 0 saturated heterocycles. The first kappa shape index (κ1) is 34.5. The van der Waals surface area contributed by atoms with Crippen molar-refractivity contribution in [2.45, 2.75) is 83.4 Å². The van der Waals surface area contributed by atoms with Gasteiger partial charge in [0.15, 0.2) is 5.69 Å². The van der Waals surface area contributed by atoms with Gasteiger partial charge in [-0.3, -0.25) is 9.78 Å². The fourth-order valence-electron chi connectivity index (χ4n) is 7.55. The first-order valence-corrected chi connectivity index (χ1v) is 18.6. The van der Waals surface area contributed by atoms with Gasteiger partial charge in [-0.25, -0.2) is 27.9 Å². The van der Waals surface area contributed by atoms with Crippen LogP contribution in [0.1, 0.15) is 82.9 Å². The second-order valence-electron chi connectivity index (χ2n) is 14.4. The van der Waals surface area contributed by atoms with Crippen molar-refractivity contribution in [2.75, 3.05) is 11.3 Å². The van der Waals surface area contributed by atoms with E-state index < -0.39 is 16.0 Å². The molecular formula is C37H41N7O6S. The zero-order chi connectivity index (χ0) is 36.1. The van der Waals surface area contributed by atoms with Crippen LogP contribution in [-0.4, -0.2) is 68.9 Å². The number of amides is 1. The number of carbonyl (C=O) groups excluding carboxylic acids is 1. The molecule has 3 fully saturated rings. The summed E-state index contributed by atoms with van der Waals surface area (Å²) in [5, 5.41) is 13.0. The van der Waals surface area contributed by atoms with Crippen molar-refractivity contribution in [1.82, 2.24) is 30.2 Å². The molecule has 1 amide bonds. The number of carboxylic acids is 1. The van der Waals surface area contributed by atoms with E-state index in [4.69, 9.17) is 9.72 Å². The SMILES string of the molecule is Cc1cccc(C)c1-c1cc(OC[C@@H](CC23CC(C2)C3)NCc2cnc3c(n2)CN(C(C)C)C3=O)nc(NS(=O)(=O)c2cccc(C(=O)O)c2)n1. The lowest BCUT2D eigenvalue weighted by Gasteiger charge is -2.63. The van der Waals surface area contributed by atoms with Crippen LogP contribution in [0.25, 0.3) is 11.3 Å². The standard InChI is InChI=1S/C37H41N7O6S/c1-21(2)44-19-30-33(34(44)45)39-18-27(40-30)17-38-26(16-37-13-24(14-37)15-37)20-50-31-12-29(32-22(3)7-5-8-23(32)4)41-36(42-31)43-51(48,49)28-10-6-9-25(11-28)35(46)47/h5-12,18,21,24,26,38H,13-17,19-20H2,1-4H3,(H,46,47)(H,41,42,43)/t24?,26-,37?/m1/s1. The average Bonchev–Trinajstić information content (AvgIpc) is 3.38. The van der Waals surface area contributed by atoms with Gasteiger partial charge in [-0.15, -0.1) is 0 Å². The minimum absolute atomic E-state index is 0.0561. The van der Waals surface area contributed by atoms with E-state index in [1.807, 2.05) is 45.9 Å². The molecule has 3 saturated carbocycles. The molecule has 0 radical (unpaired) electrons. The Hall–Kier alpha value is -4.95. The molecule has 0 spiro atoms. The molecule has 3 N–H and O–H groups in total. The van der Waals surface area contributed by atoms with Gasteiger partial charge in [-0.2, -0.15) is 4.98 Å². The minimum Gasteiger partial charge on any atom is -0.478 e. The smallest absolute Gasteiger partial charge is 0.335 e. The Morgan fingerprint density at radius 3 is 2.45 bits per heavy atom. The number of anilines is 1. The van der Waals surface area contributed by atoms with Crippen molar-refractivity contribution in [3.8, 4) is 17.1 Å². The lowest BCUT2D eigenvalue weighted by molar-refractivity contribution is -0.119. The number of benzene rings is 2. The van der Waals surface area contributed by atoms with Crippen LogP contribution in [0.15, 0.2) is 59.6 Å². The van der Waals surface area contributed by atoms with E-state index in [9.17, 15) is 23.1 Å². The van der Waals surface area contributed by atoms with Crippen LogP contribution in [0.4, 0.5) is 5.95 Å². The molecule has 1 atom stereocenters. The summed E-state index contributed by atoms with van der Waals surface area (Å²) in [6.45, 7) is 8.98. The molecule has 14 heteroatoms. The van der Waals surface area contributed by atoms with Crippen LogP contribution >= 0.6 is 0 Å². The topological polar surface area (TPSA) is 177 Å². The van der Waals surface area contributed by atoms with E-state index in [1.165, 1.54) is 37.5 Å². The van der Waals surface area contributed by atoms with Crippen LogP contribution < -0.4 is 14.8 Å². The minimum atomic E-state index is -4.25. The maximum absolute atomic E-state index is 13.4. The summed E-state index contributed by atoms with van der Waals surface area (Å²) >= 11 is 0. The second-order valence-corrected chi connectivity index (χ2v) is 16.1. The first-order valence-electron chi connectivity index (χ1n) is 17.1. The number of nitrogens with one attached hydrogen (secondary N) is 2. The molecule has 3 heterocycles. The number of carboxylic acid groups (broad SMARTS) is 1. The van der Waals surface area contributed by atoms with Crippen molar-refractivity contribution >= 4 is 27.8 Å². The number of aromatic carboxylic acids is 1. The number of hydrogen-bond donors (Lipinski definition) is 3. The maximum Gasteiger partial charge on any atom is 0.335 e. The average molecular weight is 712 g/mol. The zero-order valence-electron chi connectivity index (χ0n) is 29.0. The van der Waals surface area contributed by atoms with Gasteiger partial charge < -0.3 is 20.1 Å². The molecule has 3 aliphatic carbocycles. The molecular weight excluding hydrogens is 671 g/mol. The molecule has 4 aliphatic rings. The van der Waals surface area contributed by atoms with Crippen molar-refractivity contribution in [1.29, 1.82) is 0 Å². The van der Waals surface area contributed by atoms with E-state index in [2.05, 4.69) is 25.0 Å². The number of rotatable bonds is 14. The van der Waals surface area contributed by atoms with Crippen LogP contribution in [0.2, 0.25) is 0 Å². The Morgan fingerprint density at radius 1 is 1.06 bits per heavy atom. The lowest BCUT2D eigenvalue weighted by Crippen LogP contribution is -2.55. The van der Waals surface area contributed by atoms with Gasteiger partial charge in [0.2, 0.25) is 11.8 Å². The second kappa shape index (κ2) is 13.3. The van der Waals surface area contributed by atoms with Crippen LogP contribution in [0, 0.1) is 25.2 Å². The summed E-state index contributed by atoms with van der Waals surface area (Å²) in [7, 11) is -4.25. The summed E-state index contributed by atoms with van der Waals surface area (Å²) in [6.07, 6.45) is 6.16. The molecule has 4 aromatic rings. The third kappa shape index (κ3) is 7.02. The quantitative estimate of drug-likeness (QED) is 0.158. The first-order chi connectivity index (χ1) is 24.3. The third-order valence-corrected chi connectivity index (χ3v) is 11.5. The number of ether oxygens (including phenoxy) is 1. The monoisotopic (exact) mass is 711 g/mol. The van der Waals surface area contributed by atoms with E-state index >= 15 is 0 Å². The summed E-state index contributed by atoms with van der Waals surface area (Å²) in [5.41, 5.74) is 5.15. The molecule has 13 nitrogen and oxygen atoms in total. The summed E-state index contributed by atoms with van der Waals surface area (Å²) < 4.78 is 35.7. The highest BCUT2D eigenvalue weighted by Crippen LogP contribution is 2.66. The number of sulfonamides is 1. The number of hydrogen-bond acceptors (Lipinski definition) is 10.